The number of nitrogens with one attached hydrogen (secondary N) is 1. The molecule has 18 heavy (non-hydrogen) atoms. The minimum atomic E-state index is 0.629. The van der Waals surface area contributed by atoms with Crippen LogP contribution in [0.2, 0.25) is 0 Å². The molecule has 2 aromatic rings. The zero-order chi connectivity index (χ0) is 12.5. The highest BCUT2D eigenvalue weighted by Crippen LogP contribution is 2.23. The van der Waals surface area contributed by atoms with Crippen molar-refractivity contribution in [2.45, 2.75) is 19.9 Å². The fourth-order valence-corrected chi connectivity index (χ4v) is 2.56. The second-order valence-electron chi connectivity index (χ2n) is 5.05. The van der Waals surface area contributed by atoms with E-state index in [-0.39, 0.29) is 0 Å². The van der Waals surface area contributed by atoms with Crippen LogP contribution >= 0.6 is 0 Å². The normalized spacial score (nSPS) is 17.8. The fourth-order valence-electron chi connectivity index (χ4n) is 2.56. The molecule has 96 valence electrons. The van der Waals surface area contributed by atoms with Gasteiger partial charge >= 0.3 is 0 Å². The second kappa shape index (κ2) is 4.57. The van der Waals surface area contributed by atoms with Gasteiger partial charge in [-0.3, -0.25) is 4.90 Å². The average Bonchev–Trinajstić information content (AvgIpc) is 2.87. The molecular formula is C13H19N5. The molecule has 0 radical (unpaired) electrons. The summed E-state index contributed by atoms with van der Waals surface area (Å²) in [7, 11) is 0. The van der Waals surface area contributed by atoms with Gasteiger partial charge in [0.15, 0.2) is 0 Å². The average molecular weight is 245 g/mol. The molecule has 0 aliphatic carbocycles. The van der Waals surface area contributed by atoms with Gasteiger partial charge in [0.1, 0.15) is 17.8 Å². The Balaban J connectivity index is 1.82. The quantitative estimate of drug-likeness (QED) is 0.871. The van der Waals surface area contributed by atoms with E-state index in [0.29, 0.717) is 6.04 Å². The number of anilines is 1. The van der Waals surface area contributed by atoms with E-state index in [1.54, 1.807) is 6.33 Å². The Labute approximate surface area is 107 Å². The number of hydrogen-bond acceptors (Lipinski definition) is 4. The van der Waals surface area contributed by atoms with E-state index < -0.39 is 0 Å². The number of nitrogens with zero attached hydrogens (tertiary/aromatic N) is 4. The Morgan fingerprint density at radius 2 is 1.94 bits per heavy atom. The molecule has 1 saturated heterocycles. The van der Waals surface area contributed by atoms with Crippen molar-refractivity contribution in [3.8, 4) is 0 Å². The molecule has 2 aromatic heterocycles. The van der Waals surface area contributed by atoms with Crippen molar-refractivity contribution in [1.29, 1.82) is 0 Å². The monoisotopic (exact) mass is 245 g/mol. The maximum atomic E-state index is 4.45. The molecular weight excluding hydrogens is 226 g/mol. The molecule has 1 aliphatic rings. The first-order valence-electron chi connectivity index (χ1n) is 6.53. The van der Waals surface area contributed by atoms with E-state index in [1.807, 2.05) is 6.20 Å². The molecule has 1 fully saturated rings. The minimum Gasteiger partial charge on any atom is -0.353 e. The third-order valence-corrected chi connectivity index (χ3v) is 3.68. The van der Waals surface area contributed by atoms with Gasteiger partial charge in [-0.05, 0) is 19.9 Å². The van der Waals surface area contributed by atoms with Gasteiger partial charge in [0.25, 0.3) is 0 Å². The van der Waals surface area contributed by atoms with Crippen LogP contribution in [0.15, 0.2) is 18.6 Å². The van der Waals surface area contributed by atoms with Gasteiger partial charge < -0.3 is 9.88 Å². The minimum absolute atomic E-state index is 0.629. The maximum Gasteiger partial charge on any atom is 0.142 e. The van der Waals surface area contributed by atoms with Crippen LogP contribution in [0, 0.1) is 0 Å². The zero-order valence-electron chi connectivity index (χ0n) is 10.9. The van der Waals surface area contributed by atoms with Gasteiger partial charge in [0, 0.05) is 38.4 Å². The number of fused-ring (bicyclic) bond motifs is 1. The summed E-state index contributed by atoms with van der Waals surface area (Å²) in [5.74, 6) is 1.06. The summed E-state index contributed by atoms with van der Waals surface area (Å²) < 4.78 is 0. The van der Waals surface area contributed by atoms with E-state index in [1.165, 1.54) is 0 Å². The first-order chi connectivity index (χ1) is 8.75. The molecule has 0 amide bonds. The van der Waals surface area contributed by atoms with Crippen molar-refractivity contribution in [2.75, 3.05) is 31.1 Å². The van der Waals surface area contributed by atoms with Gasteiger partial charge in [-0.25, -0.2) is 9.97 Å². The Morgan fingerprint density at radius 3 is 2.67 bits per heavy atom. The van der Waals surface area contributed by atoms with Crippen molar-refractivity contribution >= 4 is 16.9 Å². The molecule has 3 rings (SSSR count). The van der Waals surface area contributed by atoms with E-state index in [4.69, 9.17) is 0 Å². The van der Waals surface area contributed by atoms with E-state index >= 15 is 0 Å². The number of aromatic amines is 1. The highest BCUT2D eigenvalue weighted by molar-refractivity contribution is 5.87. The first kappa shape index (κ1) is 11.5. The Morgan fingerprint density at radius 1 is 1.17 bits per heavy atom. The summed E-state index contributed by atoms with van der Waals surface area (Å²) in [6.45, 7) is 8.79. The standard InChI is InChI=1S/C13H19N5/c1-10(2)17-5-7-18(8-6-17)13-11-3-4-14-12(11)15-9-16-13/h3-4,9-10H,5-8H2,1-2H3,(H,14,15,16). The van der Waals surface area contributed by atoms with Gasteiger partial charge in [-0.1, -0.05) is 0 Å². The van der Waals surface area contributed by atoms with Crippen molar-refractivity contribution in [1.82, 2.24) is 19.9 Å². The van der Waals surface area contributed by atoms with Crippen LogP contribution < -0.4 is 4.90 Å². The lowest BCUT2D eigenvalue weighted by atomic mass is 10.2. The van der Waals surface area contributed by atoms with Crippen LogP contribution in [0.4, 0.5) is 5.82 Å². The molecule has 1 aliphatic heterocycles. The molecule has 0 atom stereocenters. The van der Waals surface area contributed by atoms with Gasteiger partial charge in [-0.2, -0.15) is 0 Å². The van der Waals surface area contributed by atoms with E-state index in [0.717, 1.165) is 43.0 Å². The second-order valence-corrected chi connectivity index (χ2v) is 5.05. The Bertz CT molecular complexity index is 525. The van der Waals surface area contributed by atoms with Crippen molar-refractivity contribution in [3.63, 3.8) is 0 Å². The van der Waals surface area contributed by atoms with E-state index in [9.17, 15) is 0 Å². The Kier molecular flexibility index (Phi) is 2.91. The van der Waals surface area contributed by atoms with Crippen LogP contribution in [0.3, 0.4) is 0 Å². The summed E-state index contributed by atoms with van der Waals surface area (Å²) in [5.41, 5.74) is 0.922. The largest absolute Gasteiger partial charge is 0.353 e. The SMILES string of the molecule is CC(C)N1CCN(c2ncnc3[nH]ccc23)CC1. The van der Waals surface area contributed by atoms with Crippen LogP contribution in [-0.2, 0) is 0 Å². The highest BCUT2D eigenvalue weighted by Gasteiger charge is 2.21. The van der Waals surface area contributed by atoms with Gasteiger partial charge in [-0.15, -0.1) is 0 Å². The highest BCUT2D eigenvalue weighted by atomic mass is 15.3. The zero-order valence-corrected chi connectivity index (χ0v) is 10.9. The molecule has 0 spiro atoms. The third-order valence-electron chi connectivity index (χ3n) is 3.68. The van der Waals surface area contributed by atoms with Crippen LogP contribution in [0.5, 0.6) is 0 Å². The summed E-state index contributed by atoms with van der Waals surface area (Å²) in [4.78, 5) is 16.7. The lowest BCUT2D eigenvalue weighted by Crippen LogP contribution is -2.49. The summed E-state index contributed by atoms with van der Waals surface area (Å²) in [5, 5.41) is 1.12. The molecule has 0 unspecified atom stereocenters. The van der Waals surface area contributed by atoms with E-state index in [2.05, 4.69) is 44.7 Å². The van der Waals surface area contributed by atoms with Crippen molar-refractivity contribution in [2.24, 2.45) is 0 Å². The van der Waals surface area contributed by atoms with Crippen LogP contribution in [0.1, 0.15) is 13.8 Å². The number of aromatic nitrogens is 3. The van der Waals surface area contributed by atoms with Crippen LogP contribution in [-0.4, -0.2) is 52.1 Å². The molecule has 0 aromatic carbocycles. The molecule has 3 heterocycles. The predicted octanol–water partition coefficient (Wildman–Crippen LogP) is 1.49. The fraction of sp³-hybridized carbons (Fsp3) is 0.538. The summed E-state index contributed by atoms with van der Waals surface area (Å²) in [6.07, 6.45) is 3.57. The molecule has 1 N–H and O–H groups in total. The summed E-state index contributed by atoms with van der Waals surface area (Å²) >= 11 is 0. The molecule has 5 nitrogen and oxygen atoms in total. The van der Waals surface area contributed by atoms with Gasteiger partial charge in [0.2, 0.25) is 0 Å². The number of rotatable bonds is 2. The van der Waals surface area contributed by atoms with Crippen LogP contribution in [0.25, 0.3) is 11.0 Å². The maximum absolute atomic E-state index is 4.45. The predicted molar refractivity (Wildman–Crippen MR) is 72.8 cm³/mol. The Hall–Kier alpha value is -1.62. The lowest BCUT2D eigenvalue weighted by Gasteiger charge is -2.37. The smallest absolute Gasteiger partial charge is 0.142 e. The first-order valence-corrected chi connectivity index (χ1v) is 6.53. The number of H-pyrrole nitrogens is 1. The topological polar surface area (TPSA) is 48.1 Å². The molecule has 0 saturated carbocycles. The number of hydrogen-bond donors (Lipinski definition) is 1. The van der Waals surface area contributed by atoms with Crippen molar-refractivity contribution in [3.05, 3.63) is 18.6 Å². The third kappa shape index (κ3) is 1.95. The number of piperazine rings is 1. The van der Waals surface area contributed by atoms with Crippen molar-refractivity contribution < 1.29 is 0 Å². The molecule has 5 heteroatoms. The molecule has 0 bridgehead atoms. The lowest BCUT2D eigenvalue weighted by molar-refractivity contribution is 0.209. The summed E-state index contributed by atoms with van der Waals surface area (Å²) in [6, 6.07) is 2.68. The van der Waals surface area contributed by atoms with Gasteiger partial charge in [0.05, 0.1) is 5.39 Å².